The number of carbonyl (C=O) groups is 3. The average Bonchev–Trinajstić information content (AvgIpc) is 3.79. The van der Waals surface area contributed by atoms with Crippen LogP contribution in [0.25, 0.3) is 0 Å². The van der Waals surface area contributed by atoms with E-state index in [0.717, 1.165) is 24.0 Å². The molecule has 0 radical (unpaired) electrons. The highest BCUT2D eigenvalue weighted by Gasteiger charge is 2.40. The SMILES string of the molecule is Cc1ccc([C@@H](O)[C@H]2NC(=O)[C@@H](C)N(C)C(=O)[C@H](C3CC3)NC[C@@H](C)Oc3ccc(O)cc3CCCNC2=O)cc1. The average molecular weight is 567 g/mol. The van der Waals surface area contributed by atoms with Gasteiger partial charge in [0.2, 0.25) is 17.7 Å². The number of aryl methyl sites for hydroxylation is 2. The maximum Gasteiger partial charge on any atom is 0.245 e. The molecule has 1 aliphatic carbocycles. The van der Waals surface area contributed by atoms with Crippen LogP contribution in [0.2, 0.25) is 0 Å². The van der Waals surface area contributed by atoms with Gasteiger partial charge < -0.3 is 35.8 Å². The molecule has 0 unspecified atom stereocenters. The first kappa shape index (κ1) is 30.3. The first-order chi connectivity index (χ1) is 19.5. The van der Waals surface area contributed by atoms with E-state index in [4.69, 9.17) is 4.74 Å². The number of likely N-dealkylation sites (N-methyl/N-ethyl adjacent to an activating group) is 1. The number of hydrogen-bond donors (Lipinski definition) is 5. The Balaban J connectivity index is 1.61. The van der Waals surface area contributed by atoms with Gasteiger partial charge in [0.15, 0.2) is 0 Å². The highest BCUT2D eigenvalue weighted by Crippen LogP contribution is 2.34. The molecule has 10 heteroatoms. The number of aliphatic hydroxyl groups excluding tert-OH is 1. The zero-order valence-electron chi connectivity index (χ0n) is 24.2. The maximum atomic E-state index is 13.5. The summed E-state index contributed by atoms with van der Waals surface area (Å²) < 4.78 is 6.19. The topological polar surface area (TPSA) is 140 Å². The van der Waals surface area contributed by atoms with Crippen LogP contribution in [0.3, 0.4) is 0 Å². The summed E-state index contributed by atoms with van der Waals surface area (Å²) in [6.45, 7) is 6.14. The number of aromatic hydroxyl groups is 1. The zero-order valence-corrected chi connectivity index (χ0v) is 24.2. The number of aliphatic hydroxyl groups is 1. The number of ether oxygens (including phenoxy) is 1. The molecule has 1 aliphatic heterocycles. The Morgan fingerprint density at radius 3 is 2.41 bits per heavy atom. The lowest BCUT2D eigenvalue weighted by Gasteiger charge is -2.31. The van der Waals surface area contributed by atoms with Crippen LogP contribution in [0.4, 0.5) is 0 Å². The summed E-state index contributed by atoms with van der Waals surface area (Å²) in [5.74, 6) is -0.372. The fraction of sp³-hybridized carbons (Fsp3) is 0.516. The summed E-state index contributed by atoms with van der Waals surface area (Å²) in [6, 6.07) is 9.42. The number of nitrogens with one attached hydrogen (secondary N) is 3. The van der Waals surface area contributed by atoms with Crippen molar-refractivity contribution in [2.45, 2.75) is 76.8 Å². The number of benzene rings is 2. The molecule has 2 aromatic rings. The van der Waals surface area contributed by atoms with Crippen LogP contribution in [0.1, 0.15) is 55.9 Å². The third-order valence-electron chi connectivity index (χ3n) is 7.90. The highest BCUT2D eigenvalue weighted by atomic mass is 16.5. The van der Waals surface area contributed by atoms with Gasteiger partial charge in [0, 0.05) is 20.1 Å². The molecule has 41 heavy (non-hydrogen) atoms. The standard InChI is InChI=1S/C31H42N4O6/c1-18-7-9-22(10-8-18)28(37)27-30(39)32-15-5-6-23-16-24(36)13-14-25(23)41-19(2)17-33-26(21-11-12-21)31(40)35(4)20(3)29(38)34-27/h7-10,13-14,16,19-21,26-28,33,36-37H,5-6,11-12,15,17H2,1-4H3,(H,32,39)(H,34,38)/t19-,20-,26+,27-,28-/m1/s1. The van der Waals surface area contributed by atoms with Gasteiger partial charge in [-0.05, 0) is 81.7 Å². The van der Waals surface area contributed by atoms with Gasteiger partial charge in [-0.1, -0.05) is 29.8 Å². The Hall–Kier alpha value is -3.63. The number of carbonyl (C=O) groups excluding carboxylic acids is 3. The summed E-state index contributed by atoms with van der Waals surface area (Å²) in [4.78, 5) is 41.6. The highest BCUT2D eigenvalue weighted by molar-refractivity contribution is 5.93. The Labute approximate surface area is 241 Å². The number of fused-ring (bicyclic) bond motifs is 1. The molecule has 5 atom stereocenters. The molecule has 1 fully saturated rings. The first-order valence-corrected chi connectivity index (χ1v) is 14.4. The minimum absolute atomic E-state index is 0.116. The molecule has 1 heterocycles. The minimum atomic E-state index is -1.30. The van der Waals surface area contributed by atoms with E-state index >= 15 is 0 Å². The third-order valence-corrected chi connectivity index (χ3v) is 7.90. The summed E-state index contributed by atoms with van der Waals surface area (Å²) >= 11 is 0. The van der Waals surface area contributed by atoms with Crippen LogP contribution >= 0.6 is 0 Å². The van der Waals surface area contributed by atoms with Gasteiger partial charge in [0.25, 0.3) is 0 Å². The molecule has 0 saturated heterocycles. The fourth-order valence-corrected chi connectivity index (χ4v) is 5.02. The van der Waals surface area contributed by atoms with Crippen LogP contribution in [0.15, 0.2) is 42.5 Å². The minimum Gasteiger partial charge on any atom is -0.508 e. The van der Waals surface area contributed by atoms with Crippen molar-refractivity contribution in [1.82, 2.24) is 20.9 Å². The summed E-state index contributed by atoms with van der Waals surface area (Å²) in [6.07, 6.45) is 1.33. The molecule has 2 aliphatic rings. The predicted molar refractivity (Wildman–Crippen MR) is 154 cm³/mol. The number of phenols is 1. The van der Waals surface area contributed by atoms with E-state index in [2.05, 4.69) is 16.0 Å². The van der Waals surface area contributed by atoms with Crippen LogP contribution < -0.4 is 20.7 Å². The van der Waals surface area contributed by atoms with E-state index in [1.54, 1.807) is 44.3 Å². The second-order valence-electron chi connectivity index (χ2n) is 11.3. The number of phenolic OH excluding ortho intramolecular Hbond substituents is 1. The van der Waals surface area contributed by atoms with Crippen molar-refractivity contribution in [3.63, 3.8) is 0 Å². The lowest BCUT2D eigenvalue weighted by atomic mass is 9.99. The van der Waals surface area contributed by atoms with Gasteiger partial charge in [-0.15, -0.1) is 0 Å². The molecule has 222 valence electrons. The summed E-state index contributed by atoms with van der Waals surface area (Å²) in [5, 5.41) is 30.1. The zero-order chi connectivity index (χ0) is 29.7. The number of hydrogen-bond acceptors (Lipinski definition) is 7. The molecule has 10 nitrogen and oxygen atoms in total. The Morgan fingerprint density at radius 2 is 1.73 bits per heavy atom. The molecule has 5 N–H and O–H groups in total. The van der Waals surface area contributed by atoms with E-state index in [1.165, 1.54) is 4.90 Å². The van der Waals surface area contributed by atoms with Crippen molar-refractivity contribution >= 4 is 17.7 Å². The number of rotatable bonds is 3. The second-order valence-corrected chi connectivity index (χ2v) is 11.3. The summed E-state index contributed by atoms with van der Waals surface area (Å²) in [7, 11) is 1.58. The van der Waals surface area contributed by atoms with Gasteiger partial charge in [0.1, 0.15) is 35.8 Å². The summed E-state index contributed by atoms with van der Waals surface area (Å²) in [5.41, 5.74) is 2.28. The van der Waals surface area contributed by atoms with Crippen LogP contribution in [0, 0.1) is 12.8 Å². The maximum absolute atomic E-state index is 13.5. The van der Waals surface area contributed by atoms with Crippen molar-refractivity contribution < 1.29 is 29.3 Å². The number of nitrogens with zero attached hydrogens (tertiary/aromatic N) is 1. The van der Waals surface area contributed by atoms with E-state index < -0.39 is 36.0 Å². The largest absolute Gasteiger partial charge is 0.508 e. The van der Waals surface area contributed by atoms with Crippen molar-refractivity contribution in [3.8, 4) is 11.5 Å². The normalized spacial score (nSPS) is 26.1. The molecule has 4 rings (SSSR count). The molecule has 0 bridgehead atoms. The van der Waals surface area contributed by atoms with Crippen LogP contribution in [-0.4, -0.2) is 77.2 Å². The molecule has 0 aromatic heterocycles. The quantitative estimate of drug-likeness (QED) is 0.383. The Kier molecular flexibility index (Phi) is 9.88. The molecule has 2 aromatic carbocycles. The lowest BCUT2D eigenvalue weighted by Crippen LogP contribution is -2.57. The Morgan fingerprint density at radius 1 is 1.02 bits per heavy atom. The van der Waals surface area contributed by atoms with E-state index in [9.17, 15) is 24.6 Å². The number of amides is 3. The second kappa shape index (κ2) is 13.4. The molecule has 1 saturated carbocycles. The van der Waals surface area contributed by atoms with Crippen molar-refractivity contribution in [2.24, 2.45) is 5.92 Å². The van der Waals surface area contributed by atoms with Gasteiger partial charge >= 0.3 is 0 Å². The fourth-order valence-electron chi connectivity index (χ4n) is 5.02. The molecular weight excluding hydrogens is 524 g/mol. The molecular formula is C31H42N4O6. The molecule has 0 spiro atoms. The third kappa shape index (κ3) is 7.77. The van der Waals surface area contributed by atoms with Crippen molar-refractivity contribution in [3.05, 3.63) is 59.2 Å². The van der Waals surface area contributed by atoms with Crippen molar-refractivity contribution in [2.75, 3.05) is 20.1 Å². The molecule has 3 amide bonds. The van der Waals surface area contributed by atoms with E-state index in [-0.39, 0.29) is 30.2 Å². The lowest BCUT2D eigenvalue weighted by molar-refractivity contribution is -0.142. The van der Waals surface area contributed by atoms with Crippen LogP contribution in [0.5, 0.6) is 11.5 Å². The van der Waals surface area contributed by atoms with Crippen LogP contribution in [-0.2, 0) is 20.8 Å². The van der Waals surface area contributed by atoms with E-state index in [1.807, 2.05) is 26.0 Å². The predicted octanol–water partition coefficient (Wildman–Crippen LogP) is 1.96. The van der Waals surface area contributed by atoms with Gasteiger partial charge in [-0.25, -0.2) is 0 Å². The van der Waals surface area contributed by atoms with Gasteiger partial charge in [-0.3, -0.25) is 14.4 Å². The smallest absolute Gasteiger partial charge is 0.245 e. The van der Waals surface area contributed by atoms with Gasteiger partial charge in [-0.2, -0.15) is 0 Å². The Bertz CT molecular complexity index is 1230. The van der Waals surface area contributed by atoms with Gasteiger partial charge in [0.05, 0.1) is 6.04 Å². The van der Waals surface area contributed by atoms with Crippen molar-refractivity contribution in [1.29, 1.82) is 0 Å². The monoisotopic (exact) mass is 566 g/mol. The van der Waals surface area contributed by atoms with E-state index in [0.29, 0.717) is 30.7 Å². The first-order valence-electron chi connectivity index (χ1n) is 14.4.